The molecule has 1 saturated carbocycles. The quantitative estimate of drug-likeness (QED) is 0.608. The molecular weight excluding hydrogens is 414 g/mol. The number of benzene rings is 2. The van der Waals surface area contributed by atoms with E-state index >= 15 is 0 Å². The maximum atomic E-state index is 13.0. The summed E-state index contributed by atoms with van der Waals surface area (Å²) in [5, 5.41) is 6.13. The number of carbonyl (C=O) groups is 2. The van der Waals surface area contributed by atoms with Crippen LogP contribution in [0.15, 0.2) is 48.5 Å². The average Bonchev–Trinajstić information content (AvgIpc) is 3.40. The van der Waals surface area contributed by atoms with Crippen molar-refractivity contribution in [3.63, 3.8) is 0 Å². The fourth-order valence-corrected chi connectivity index (χ4v) is 5.07. The molecule has 1 unspecified atom stereocenters. The molecule has 4 rings (SSSR count). The summed E-state index contributed by atoms with van der Waals surface area (Å²) in [6, 6.07) is 15.3. The van der Waals surface area contributed by atoms with Gasteiger partial charge in [-0.05, 0) is 63.0 Å². The number of para-hydroxylation sites is 1. The zero-order valence-corrected chi connectivity index (χ0v) is 19.5. The smallest absolute Gasteiger partial charge is 0.251 e. The maximum absolute atomic E-state index is 13.0. The summed E-state index contributed by atoms with van der Waals surface area (Å²) in [4.78, 5) is 28.0. The molecule has 2 aliphatic rings. The fraction of sp³-hybridized carbons (Fsp3) is 0.481. The van der Waals surface area contributed by atoms with Crippen LogP contribution in [0.1, 0.15) is 66.9 Å². The minimum Gasteiger partial charge on any atom is -0.496 e. The van der Waals surface area contributed by atoms with Gasteiger partial charge in [0.1, 0.15) is 5.75 Å². The first-order valence-electron chi connectivity index (χ1n) is 12.2. The van der Waals surface area contributed by atoms with Gasteiger partial charge in [-0.3, -0.25) is 14.5 Å². The van der Waals surface area contributed by atoms with Gasteiger partial charge in [0.05, 0.1) is 13.2 Å². The highest BCUT2D eigenvalue weighted by molar-refractivity contribution is 5.97. The third kappa shape index (κ3) is 5.93. The average molecular weight is 450 g/mol. The molecule has 0 spiro atoms. The van der Waals surface area contributed by atoms with Crippen LogP contribution in [0.3, 0.4) is 0 Å². The molecule has 1 atom stereocenters. The van der Waals surface area contributed by atoms with Gasteiger partial charge in [0.15, 0.2) is 0 Å². The maximum Gasteiger partial charge on any atom is 0.251 e. The molecule has 6 heteroatoms. The van der Waals surface area contributed by atoms with Crippen molar-refractivity contribution in [3.8, 4) is 5.75 Å². The number of ether oxygens (including phenoxy) is 1. The van der Waals surface area contributed by atoms with Crippen LogP contribution in [0.25, 0.3) is 0 Å². The summed E-state index contributed by atoms with van der Waals surface area (Å²) in [6.45, 7) is 2.53. The number of rotatable bonds is 8. The lowest BCUT2D eigenvalue weighted by Crippen LogP contribution is -2.37. The molecule has 0 bridgehead atoms. The molecule has 2 aromatic carbocycles. The van der Waals surface area contributed by atoms with Crippen LogP contribution < -0.4 is 15.4 Å². The molecule has 1 heterocycles. The Morgan fingerprint density at radius 2 is 1.76 bits per heavy atom. The Bertz CT molecular complexity index is 949. The lowest BCUT2D eigenvalue weighted by molar-refractivity contribution is -0.120. The number of likely N-dealkylation sites (tertiary alicyclic amines) is 1. The molecule has 1 saturated heterocycles. The Balaban J connectivity index is 1.42. The van der Waals surface area contributed by atoms with Gasteiger partial charge in [-0.2, -0.15) is 0 Å². The summed E-state index contributed by atoms with van der Waals surface area (Å²) >= 11 is 0. The molecular formula is C27H35N3O3. The Hall–Kier alpha value is -2.86. The second-order valence-corrected chi connectivity index (χ2v) is 9.12. The van der Waals surface area contributed by atoms with Crippen molar-refractivity contribution < 1.29 is 14.3 Å². The van der Waals surface area contributed by atoms with Crippen LogP contribution in [0.4, 0.5) is 5.69 Å². The summed E-state index contributed by atoms with van der Waals surface area (Å²) in [6.07, 6.45) is 7.69. The molecule has 2 N–H and O–H groups in total. The van der Waals surface area contributed by atoms with Crippen LogP contribution in [-0.4, -0.2) is 43.5 Å². The number of nitrogens with one attached hydrogen (secondary N) is 2. The fourth-order valence-electron chi connectivity index (χ4n) is 5.07. The first-order valence-corrected chi connectivity index (χ1v) is 12.2. The van der Waals surface area contributed by atoms with Gasteiger partial charge < -0.3 is 15.4 Å². The van der Waals surface area contributed by atoms with Crippen molar-refractivity contribution >= 4 is 17.5 Å². The lowest BCUT2D eigenvalue weighted by Gasteiger charge is -2.29. The lowest BCUT2D eigenvalue weighted by atomic mass is 9.88. The number of anilines is 1. The van der Waals surface area contributed by atoms with Crippen LogP contribution >= 0.6 is 0 Å². The van der Waals surface area contributed by atoms with Crippen LogP contribution in [0.5, 0.6) is 5.75 Å². The number of nitrogens with zero attached hydrogens (tertiary/aromatic N) is 1. The molecule has 2 amide bonds. The molecule has 176 valence electrons. The highest BCUT2D eigenvalue weighted by atomic mass is 16.5. The van der Waals surface area contributed by atoms with Crippen LogP contribution in [0.2, 0.25) is 0 Å². The van der Waals surface area contributed by atoms with E-state index in [1.807, 2.05) is 30.3 Å². The summed E-state index contributed by atoms with van der Waals surface area (Å²) in [5.41, 5.74) is 2.33. The van der Waals surface area contributed by atoms with Crippen molar-refractivity contribution in [1.29, 1.82) is 0 Å². The first kappa shape index (κ1) is 23.3. The van der Waals surface area contributed by atoms with E-state index in [-0.39, 0.29) is 23.8 Å². The van der Waals surface area contributed by atoms with Crippen molar-refractivity contribution in [1.82, 2.24) is 10.2 Å². The Morgan fingerprint density at radius 1 is 1.00 bits per heavy atom. The topological polar surface area (TPSA) is 70.7 Å². The number of methoxy groups -OCH3 is 1. The van der Waals surface area contributed by atoms with Gasteiger partial charge in [-0.1, -0.05) is 43.5 Å². The molecule has 1 aliphatic heterocycles. The highest BCUT2D eigenvalue weighted by Crippen LogP contribution is 2.31. The molecule has 2 fully saturated rings. The highest BCUT2D eigenvalue weighted by Gasteiger charge is 2.26. The van der Waals surface area contributed by atoms with Gasteiger partial charge in [0.2, 0.25) is 5.91 Å². The van der Waals surface area contributed by atoms with E-state index in [0.29, 0.717) is 17.8 Å². The minimum absolute atomic E-state index is 0.0572. The van der Waals surface area contributed by atoms with Crippen molar-refractivity contribution in [2.45, 2.75) is 51.0 Å². The third-order valence-electron chi connectivity index (χ3n) is 6.90. The van der Waals surface area contributed by atoms with Gasteiger partial charge in [0.25, 0.3) is 5.91 Å². The van der Waals surface area contributed by atoms with Crippen molar-refractivity contribution in [2.75, 3.05) is 32.1 Å². The molecule has 2 aromatic rings. The van der Waals surface area contributed by atoms with Crippen molar-refractivity contribution in [3.05, 3.63) is 59.7 Å². The second-order valence-electron chi connectivity index (χ2n) is 9.12. The van der Waals surface area contributed by atoms with E-state index in [2.05, 4.69) is 21.6 Å². The van der Waals surface area contributed by atoms with Crippen LogP contribution in [0, 0.1) is 5.92 Å². The SMILES string of the molecule is COc1ccccc1C(CNC(=O)c1cccc(NC(=O)C2CCCCC2)c1)N1CCCC1. The van der Waals surface area contributed by atoms with E-state index in [9.17, 15) is 9.59 Å². The number of amides is 2. The van der Waals surface area contributed by atoms with E-state index < -0.39 is 0 Å². The Kier molecular flexibility index (Phi) is 8.00. The predicted octanol–water partition coefficient (Wildman–Crippen LogP) is 4.78. The first-order chi connectivity index (χ1) is 16.2. The van der Waals surface area contributed by atoms with E-state index in [0.717, 1.165) is 50.1 Å². The molecule has 6 nitrogen and oxygen atoms in total. The molecule has 1 aliphatic carbocycles. The monoisotopic (exact) mass is 449 g/mol. The second kappa shape index (κ2) is 11.3. The third-order valence-corrected chi connectivity index (χ3v) is 6.90. The molecule has 33 heavy (non-hydrogen) atoms. The van der Waals surface area contributed by atoms with Gasteiger partial charge in [-0.25, -0.2) is 0 Å². The number of hydrogen-bond donors (Lipinski definition) is 2. The molecule has 0 aromatic heterocycles. The van der Waals surface area contributed by atoms with Gasteiger partial charge >= 0.3 is 0 Å². The van der Waals surface area contributed by atoms with Crippen molar-refractivity contribution in [2.24, 2.45) is 5.92 Å². The normalized spacial score (nSPS) is 18.0. The number of carbonyl (C=O) groups excluding carboxylic acids is 2. The summed E-state index contributed by atoms with van der Waals surface area (Å²) < 4.78 is 5.60. The predicted molar refractivity (Wildman–Crippen MR) is 131 cm³/mol. The Morgan fingerprint density at radius 3 is 2.52 bits per heavy atom. The van der Waals surface area contributed by atoms with E-state index in [1.54, 1.807) is 19.2 Å². The summed E-state index contributed by atoms with van der Waals surface area (Å²) in [7, 11) is 1.69. The van der Waals surface area contributed by atoms with Gasteiger partial charge in [-0.15, -0.1) is 0 Å². The summed E-state index contributed by atoms with van der Waals surface area (Å²) in [5.74, 6) is 0.856. The zero-order valence-electron chi connectivity index (χ0n) is 19.5. The van der Waals surface area contributed by atoms with Gasteiger partial charge in [0, 0.05) is 29.3 Å². The standard InChI is InChI=1S/C27H35N3O3/c1-33-25-15-6-5-14-23(25)24(30-16-7-8-17-30)19-28-26(31)21-12-9-13-22(18-21)29-27(32)20-10-3-2-4-11-20/h5-6,9,12-15,18,20,24H,2-4,7-8,10-11,16-17,19H2,1H3,(H,28,31)(H,29,32). The van der Waals surface area contributed by atoms with E-state index in [4.69, 9.17) is 4.74 Å². The minimum atomic E-state index is -0.136. The largest absolute Gasteiger partial charge is 0.496 e. The Labute approximate surface area is 196 Å². The molecule has 0 radical (unpaired) electrons. The number of hydrogen-bond acceptors (Lipinski definition) is 4. The zero-order chi connectivity index (χ0) is 23.0. The van der Waals surface area contributed by atoms with E-state index in [1.165, 1.54) is 19.3 Å². The van der Waals surface area contributed by atoms with Crippen LogP contribution in [-0.2, 0) is 4.79 Å².